The molecule has 0 saturated carbocycles. The summed E-state index contributed by atoms with van der Waals surface area (Å²) < 4.78 is 37.1. The van der Waals surface area contributed by atoms with Crippen LogP contribution in [-0.4, -0.2) is 76.4 Å². The zero-order valence-electron chi connectivity index (χ0n) is 15.2. The van der Waals surface area contributed by atoms with E-state index >= 15 is 0 Å². The highest BCUT2D eigenvalue weighted by Gasteiger charge is 2.32. The van der Waals surface area contributed by atoms with Crippen molar-refractivity contribution in [1.82, 2.24) is 9.62 Å². The molecule has 2 aliphatic rings. The molecule has 0 radical (unpaired) electrons. The molecule has 0 atom stereocenters. The number of amides is 1. The van der Waals surface area contributed by atoms with Crippen LogP contribution in [0.5, 0.6) is 0 Å². The third kappa shape index (κ3) is 4.67. The fourth-order valence-corrected chi connectivity index (χ4v) is 4.69. The second kappa shape index (κ2) is 8.66. The Kier molecular flexibility index (Phi) is 6.48. The fraction of sp³-hybridized carbons (Fsp3) is 0.611. The lowest BCUT2D eigenvalue weighted by molar-refractivity contribution is -0.0146. The molecule has 2 aliphatic heterocycles. The first-order chi connectivity index (χ1) is 13.0. The molecule has 3 rings (SSSR count). The number of ether oxygens (including phenoxy) is 2. The zero-order valence-corrected chi connectivity index (χ0v) is 16.0. The van der Waals surface area contributed by atoms with Crippen molar-refractivity contribution in [3.63, 3.8) is 0 Å². The monoisotopic (exact) mass is 398 g/mol. The third-order valence-corrected chi connectivity index (χ3v) is 7.15. The largest absolute Gasteiger partial charge is 0.396 e. The highest BCUT2D eigenvalue weighted by molar-refractivity contribution is 7.89. The van der Waals surface area contributed by atoms with Gasteiger partial charge < -0.3 is 19.9 Å². The topological polar surface area (TPSA) is 105 Å². The van der Waals surface area contributed by atoms with Crippen LogP contribution >= 0.6 is 0 Å². The molecular formula is C18H26N2O6S. The lowest BCUT2D eigenvalue weighted by Gasteiger charge is -2.35. The van der Waals surface area contributed by atoms with Gasteiger partial charge in [0.2, 0.25) is 10.0 Å². The molecule has 0 aromatic heterocycles. The number of nitrogens with zero attached hydrogens (tertiary/aromatic N) is 1. The van der Waals surface area contributed by atoms with E-state index in [0.29, 0.717) is 64.5 Å². The Morgan fingerprint density at radius 2 is 1.67 bits per heavy atom. The predicted octanol–water partition coefficient (Wildman–Crippen LogP) is 0.226. The van der Waals surface area contributed by atoms with Gasteiger partial charge in [-0.15, -0.1) is 0 Å². The first kappa shape index (κ1) is 20.2. The smallest absolute Gasteiger partial charge is 0.251 e. The molecule has 2 N–H and O–H groups in total. The van der Waals surface area contributed by atoms with E-state index < -0.39 is 10.0 Å². The highest BCUT2D eigenvalue weighted by atomic mass is 32.2. The molecule has 9 heteroatoms. The maximum atomic E-state index is 12.6. The van der Waals surface area contributed by atoms with Gasteiger partial charge in [0.25, 0.3) is 5.91 Å². The number of nitrogens with one attached hydrogen (secondary N) is 1. The van der Waals surface area contributed by atoms with Gasteiger partial charge in [0.05, 0.1) is 24.7 Å². The molecule has 150 valence electrons. The summed E-state index contributed by atoms with van der Waals surface area (Å²) >= 11 is 0. The van der Waals surface area contributed by atoms with Crippen molar-refractivity contribution in [2.24, 2.45) is 5.41 Å². The number of aliphatic hydroxyl groups excluding tert-OH is 1. The molecule has 1 amide bonds. The number of sulfonamides is 1. The van der Waals surface area contributed by atoms with Crippen LogP contribution in [0.25, 0.3) is 0 Å². The van der Waals surface area contributed by atoms with E-state index in [1.807, 2.05) is 0 Å². The predicted molar refractivity (Wildman–Crippen MR) is 97.9 cm³/mol. The summed E-state index contributed by atoms with van der Waals surface area (Å²) in [5.74, 6) is -0.287. The van der Waals surface area contributed by atoms with E-state index in [4.69, 9.17) is 9.47 Å². The van der Waals surface area contributed by atoms with Gasteiger partial charge in [0, 0.05) is 43.8 Å². The Morgan fingerprint density at radius 1 is 1.07 bits per heavy atom. The van der Waals surface area contributed by atoms with E-state index in [1.54, 1.807) is 0 Å². The number of carbonyl (C=O) groups excluding carboxylic acids is 1. The first-order valence-corrected chi connectivity index (χ1v) is 10.6. The number of morpholine rings is 1. The molecular weight excluding hydrogens is 372 g/mol. The Morgan fingerprint density at radius 3 is 2.26 bits per heavy atom. The van der Waals surface area contributed by atoms with Gasteiger partial charge in [0.1, 0.15) is 0 Å². The van der Waals surface area contributed by atoms with E-state index in [1.165, 1.54) is 28.6 Å². The van der Waals surface area contributed by atoms with Crippen LogP contribution in [-0.2, 0) is 19.5 Å². The molecule has 0 aliphatic carbocycles. The average Bonchev–Trinajstić information content (AvgIpc) is 2.73. The van der Waals surface area contributed by atoms with Crippen LogP contribution in [0.15, 0.2) is 29.2 Å². The molecule has 2 fully saturated rings. The molecule has 8 nitrogen and oxygen atoms in total. The van der Waals surface area contributed by atoms with E-state index in [2.05, 4.69) is 5.32 Å². The van der Waals surface area contributed by atoms with Crippen molar-refractivity contribution in [2.45, 2.75) is 17.7 Å². The molecule has 0 bridgehead atoms. The minimum absolute atomic E-state index is 0.00658. The van der Waals surface area contributed by atoms with Crippen molar-refractivity contribution in [2.75, 3.05) is 52.7 Å². The summed E-state index contributed by atoms with van der Waals surface area (Å²) in [6.45, 7) is 2.94. The lowest BCUT2D eigenvalue weighted by Crippen LogP contribution is -2.43. The summed E-state index contributed by atoms with van der Waals surface area (Å²) in [6, 6.07) is 5.93. The summed E-state index contributed by atoms with van der Waals surface area (Å²) in [4.78, 5) is 12.6. The van der Waals surface area contributed by atoms with Crippen LogP contribution in [0.4, 0.5) is 0 Å². The van der Waals surface area contributed by atoms with Crippen molar-refractivity contribution in [1.29, 1.82) is 0 Å². The van der Waals surface area contributed by atoms with Gasteiger partial charge >= 0.3 is 0 Å². The van der Waals surface area contributed by atoms with Crippen molar-refractivity contribution in [3.8, 4) is 0 Å². The fourth-order valence-electron chi connectivity index (χ4n) is 3.28. The van der Waals surface area contributed by atoms with Gasteiger partial charge in [-0.25, -0.2) is 8.42 Å². The maximum absolute atomic E-state index is 12.6. The normalized spacial score (nSPS) is 20.9. The van der Waals surface area contributed by atoms with E-state index in [0.717, 1.165) is 0 Å². The molecule has 27 heavy (non-hydrogen) atoms. The Bertz CT molecular complexity index is 738. The second-order valence-corrected chi connectivity index (χ2v) is 8.93. The van der Waals surface area contributed by atoms with Gasteiger partial charge in [-0.05, 0) is 37.1 Å². The minimum Gasteiger partial charge on any atom is -0.396 e. The summed E-state index contributed by atoms with van der Waals surface area (Å²) in [5.41, 5.74) is 0.0316. The molecule has 2 heterocycles. The van der Waals surface area contributed by atoms with Crippen LogP contribution in [0, 0.1) is 5.41 Å². The average molecular weight is 398 g/mol. The van der Waals surface area contributed by atoms with Crippen molar-refractivity contribution >= 4 is 15.9 Å². The number of rotatable bonds is 6. The Balaban J connectivity index is 1.63. The van der Waals surface area contributed by atoms with Crippen LogP contribution < -0.4 is 5.32 Å². The molecule has 0 unspecified atom stereocenters. The molecule has 1 aromatic rings. The lowest BCUT2D eigenvalue weighted by atomic mass is 9.81. The number of carbonyl (C=O) groups is 1. The van der Waals surface area contributed by atoms with Crippen molar-refractivity contribution in [3.05, 3.63) is 29.8 Å². The second-order valence-electron chi connectivity index (χ2n) is 6.99. The molecule has 1 aromatic carbocycles. The summed E-state index contributed by atoms with van der Waals surface area (Å²) in [7, 11) is -3.57. The minimum atomic E-state index is -3.57. The summed E-state index contributed by atoms with van der Waals surface area (Å²) in [5, 5.41) is 12.5. The van der Waals surface area contributed by atoms with E-state index in [9.17, 15) is 18.3 Å². The third-order valence-electron chi connectivity index (χ3n) is 5.24. The number of hydrogen-bond acceptors (Lipinski definition) is 6. The van der Waals surface area contributed by atoms with Gasteiger partial charge in [-0.2, -0.15) is 4.31 Å². The number of hydrogen-bond donors (Lipinski definition) is 2. The zero-order chi connectivity index (χ0) is 19.3. The summed E-state index contributed by atoms with van der Waals surface area (Å²) in [6.07, 6.45) is 1.39. The van der Waals surface area contributed by atoms with Crippen LogP contribution in [0.3, 0.4) is 0 Å². The Hall–Kier alpha value is -1.52. The molecule has 0 spiro atoms. The van der Waals surface area contributed by atoms with E-state index in [-0.39, 0.29) is 22.8 Å². The quantitative estimate of drug-likeness (QED) is 0.711. The standard InChI is InChI=1S/C18H26N2O6S/c21-14-18(5-9-25-10-6-18)13-19-17(22)15-1-3-16(4-2-15)27(23,24)20-7-11-26-12-8-20/h1-4,21H,5-14H2,(H,19,22). The maximum Gasteiger partial charge on any atom is 0.251 e. The van der Waals surface area contributed by atoms with Crippen LogP contribution in [0.2, 0.25) is 0 Å². The number of benzene rings is 1. The first-order valence-electron chi connectivity index (χ1n) is 9.12. The van der Waals surface area contributed by atoms with Gasteiger partial charge in [-0.1, -0.05) is 0 Å². The molecule has 2 saturated heterocycles. The number of aliphatic hydroxyl groups is 1. The highest BCUT2D eigenvalue weighted by Crippen LogP contribution is 2.29. The van der Waals surface area contributed by atoms with Gasteiger partial charge in [-0.3, -0.25) is 4.79 Å². The van der Waals surface area contributed by atoms with Crippen molar-refractivity contribution < 1.29 is 27.8 Å². The Labute approximate surface area is 159 Å². The van der Waals surface area contributed by atoms with Crippen LogP contribution in [0.1, 0.15) is 23.2 Å². The van der Waals surface area contributed by atoms with Gasteiger partial charge in [0.15, 0.2) is 0 Å². The SMILES string of the molecule is O=C(NCC1(CO)CCOCC1)c1ccc(S(=O)(=O)N2CCOCC2)cc1.